The predicted octanol–water partition coefficient (Wildman–Crippen LogP) is 4.01. The number of amides is 1. The number of methoxy groups -OCH3 is 1. The van der Waals surface area contributed by atoms with Crippen LogP contribution in [0.3, 0.4) is 0 Å². The zero-order chi connectivity index (χ0) is 19.4. The Bertz CT molecular complexity index is 914. The highest BCUT2D eigenvalue weighted by atomic mass is 35.5. The molecule has 0 aromatic heterocycles. The molecule has 0 aliphatic carbocycles. The summed E-state index contributed by atoms with van der Waals surface area (Å²) in [6.07, 6.45) is 1.77. The summed E-state index contributed by atoms with van der Waals surface area (Å²) in [5, 5.41) is 3.92. The van der Waals surface area contributed by atoms with Gasteiger partial charge in [-0.1, -0.05) is 29.8 Å². The number of nitrogens with zero attached hydrogens (tertiary/aromatic N) is 1. The van der Waals surface area contributed by atoms with Gasteiger partial charge in [0.15, 0.2) is 5.11 Å². The van der Waals surface area contributed by atoms with Gasteiger partial charge in [0.2, 0.25) is 0 Å². The molecular weight excluding hydrogens is 384 g/mol. The van der Waals surface area contributed by atoms with E-state index in [0.717, 1.165) is 11.1 Å². The van der Waals surface area contributed by atoms with E-state index in [0.29, 0.717) is 33.9 Å². The maximum atomic E-state index is 12.4. The van der Waals surface area contributed by atoms with Gasteiger partial charge in [-0.3, -0.25) is 9.69 Å². The number of rotatable bonds is 6. The Hall–Kier alpha value is -2.57. The zero-order valence-electron chi connectivity index (χ0n) is 15.0. The second-order valence-corrected chi connectivity index (χ2v) is 6.62. The third kappa shape index (κ3) is 4.23. The van der Waals surface area contributed by atoms with Crippen molar-refractivity contribution >= 4 is 40.9 Å². The molecule has 0 spiro atoms. The molecule has 1 fully saturated rings. The van der Waals surface area contributed by atoms with Crippen LogP contribution in [0.4, 0.5) is 0 Å². The Balaban J connectivity index is 1.84. The maximum absolute atomic E-state index is 12.4. The monoisotopic (exact) mass is 402 g/mol. The van der Waals surface area contributed by atoms with Gasteiger partial charge < -0.3 is 14.8 Å². The molecule has 1 aliphatic rings. The third-order valence-corrected chi connectivity index (χ3v) is 4.75. The highest BCUT2D eigenvalue weighted by Crippen LogP contribution is 2.27. The van der Waals surface area contributed by atoms with Crippen LogP contribution in [0.25, 0.3) is 6.08 Å². The van der Waals surface area contributed by atoms with Crippen molar-refractivity contribution in [1.82, 2.24) is 10.2 Å². The predicted molar refractivity (Wildman–Crippen MR) is 110 cm³/mol. The molecule has 0 bridgehead atoms. The lowest BCUT2D eigenvalue weighted by Crippen LogP contribution is -2.30. The molecular formula is C20H19ClN2O3S. The lowest BCUT2D eigenvalue weighted by Gasteiger charge is -2.12. The van der Waals surface area contributed by atoms with Crippen LogP contribution in [0.1, 0.15) is 18.1 Å². The van der Waals surface area contributed by atoms with Crippen LogP contribution >= 0.6 is 23.8 Å². The summed E-state index contributed by atoms with van der Waals surface area (Å²) in [6.45, 7) is 2.69. The molecule has 2 aromatic carbocycles. The lowest BCUT2D eigenvalue weighted by atomic mass is 10.1. The molecule has 1 saturated heterocycles. The van der Waals surface area contributed by atoms with Gasteiger partial charge in [-0.25, -0.2) is 0 Å². The van der Waals surface area contributed by atoms with Gasteiger partial charge in [0.05, 0.1) is 12.1 Å². The topological polar surface area (TPSA) is 50.8 Å². The van der Waals surface area contributed by atoms with E-state index in [4.69, 9.17) is 33.3 Å². The molecule has 27 heavy (non-hydrogen) atoms. The number of para-hydroxylation sites is 1. The Morgan fingerprint density at radius 2 is 2.00 bits per heavy atom. The molecule has 0 saturated carbocycles. The van der Waals surface area contributed by atoms with Crippen LogP contribution in [0.15, 0.2) is 48.2 Å². The minimum atomic E-state index is -0.132. The van der Waals surface area contributed by atoms with E-state index in [2.05, 4.69) is 5.32 Å². The number of carbonyl (C=O) groups is 1. The summed E-state index contributed by atoms with van der Waals surface area (Å²) < 4.78 is 11.2. The van der Waals surface area contributed by atoms with Gasteiger partial charge >= 0.3 is 0 Å². The van der Waals surface area contributed by atoms with Gasteiger partial charge in [-0.2, -0.15) is 0 Å². The van der Waals surface area contributed by atoms with Crippen LogP contribution in [0.5, 0.6) is 11.5 Å². The van der Waals surface area contributed by atoms with E-state index in [1.807, 2.05) is 43.3 Å². The number of ether oxygens (including phenoxy) is 2. The van der Waals surface area contributed by atoms with Crippen LogP contribution in [0, 0.1) is 0 Å². The Labute approximate surface area is 168 Å². The molecule has 140 valence electrons. The number of benzene rings is 2. The number of hydrogen-bond acceptors (Lipinski definition) is 4. The van der Waals surface area contributed by atoms with Crippen molar-refractivity contribution in [3.63, 3.8) is 0 Å². The first-order valence-corrected chi connectivity index (χ1v) is 9.21. The summed E-state index contributed by atoms with van der Waals surface area (Å²) >= 11 is 11.3. The fourth-order valence-electron chi connectivity index (χ4n) is 2.74. The minimum Gasteiger partial charge on any atom is -0.496 e. The van der Waals surface area contributed by atoms with E-state index in [1.54, 1.807) is 19.3 Å². The third-order valence-electron chi connectivity index (χ3n) is 4.11. The molecule has 5 nitrogen and oxygen atoms in total. The van der Waals surface area contributed by atoms with E-state index in [-0.39, 0.29) is 12.5 Å². The molecule has 2 aromatic rings. The summed E-state index contributed by atoms with van der Waals surface area (Å²) in [5.41, 5.74) is 2.13. The summed E-state index contributed by atoms with van der Waals surface area (Å²) in [5.74, 6) is 1.16. The van der Waals surface area contributed by atoms with Crippen molar-refractivity contribution in [2.24, 2.45) is 0 Å². The molecule has 1 heterocycles. The van der Waals surface area contributed by atoms with Crippen molar-refractivity contribution < 1.29 is 14.3 Å². The van der Waals surface area contributed by atoms with Crippen LogP contribution in [-0.4, -0.2) is 29.6 Å². The Morgan fingerprint density at radius 1 is 1.22 bits per heavy atom. The van der Waals surface area contributed by atoms with Crippen LogP contribution < -0.4 is 14.8 Å². The van der Waals surface area contributed by atoms with E-state index in [9.17, 15) is 4.79 Å². The fourth-order valence-corrected chi connectivity index (χ4v) is 3.26. The Kier molecular flexibility index (Phi) is 5.98. The van der Waals surface area contributed by atoms with Crippen LogP contribution in [-0.2, 0) is 11.4 Å². The average Bonchev–Trinajstić information content (AvgIpc) is 2.94. The van der Waals surface area contributed by atoms with Crippen LogP contribution in [0.2, 0.25) is 5.02 Å². The second kappa shape index (κ2) is 8.41. The molecule has 1 aliphatic heterocycles. The molecule has 0 unspecified atom stereocenters. The van der Waals surface area contributed by atoms with Gasteiger partial charge in [0.25, 0.3) is 5.91 Å². The van der Waals surface area contributed by atoms with Crippen molar-refractivity contribution in [3.05, 3.63) is 64.3 Å². The zero-order valence-corrected chi connectivity index (χ0v) is 16.6. The molecule has 3 rings (SSSR count). The number of thiocarbonyl (C=S) groups is 1. The van der Waals surface area contributed by atoms with Gasteiger partial charge in [0.1, 0.15) is 23.8 Å². The summed E-state index contributed by atoms with van der Waals surface area (Å²) in [4.78, 5) is 13.9. The lowest BCUT2D eigenvalue weighted by molar-refractivity contribution is -0.122. The SMILES string of the molecule is CCN1C(=O)/C(=C\c2ccc(OC)c(COc3ccccc3Cl)c2)NC1=S. The largest absolute Gasteiger partial charge is 0.496 e. The molecule has 1 amide bonds. The van der Waals surface area contributed by atoms with E-state index in [1.165, 1.54) is 4.90 Å². The smallest absolute Gasteiger partial charge is 0.276 e. The van der Waals surface area contributed by atoms with Gasteiger partial charge in [0, 0.05) is 12.1 Å². The molecule has 1 N–H and O–H groups in total. The van der Waals surface area contributed by atoms with E-state index < -0.39 is 0 Å². The number of nitrogens with one attached hydrogen (secondary N) is 1. The second-order valence-electron chi connectivity index (χ2n) is 5.83. The van der Waals surface area contributed by atoms with Crippen molar-refractivity contribution in [2.45, 2.75) is 13.5 Å². The number of hydrogen-bond donors (Lipinski definition) is 1. The normalized spacial score (nSPS) is 15.2. The quantitative estimate of drug-likeness (QED) is 0.584. The highest BCUT2D eigenvalue weighted by Gasteiger charge is 2.29. The summed E-state index contributed by atoms with van der Waals surface area (Å²) in [6, 6.07) is 12.9. The molecule has 7 heteroatoms. The summed E-state index contributed by atoms with van der Waals surface area (Å²) in [7, 11) is 1.60. The number of carbonyl (C=O) groups excluding carboxylic acids is 1. The Morgan fingerprint density at radius 3 is 2.67 bits per heavy atom. The van der Waals surface area contributed by atoms with Gasteiger partial charge in [-0.05, 0) is 55.0 Å². The first kappa shape index (κ1) is 19.2. The van der Waals surface area contributed by atoms with E-state index >= 15 is 0 Å². The minimum absolute atomic E-state index is 0.132. The number of likely N-dealkylation sites (N-methyl/N-ethyl adjacent to an activating group) is 1. The molecule has 0 atom stereocenters. The van der Waals surface area contributed by atoms with Gasteiger partial charge in [-0.15, -0.1) is 0 Å². The van der Waals surface area contributed by atoms with Crippen molar-refractivity contribution in [1.29, 1.82) is 0 Å². The van der Waals surface area contributed by atoms with Crippen molar-refractivity contribution in [3.8, 4) is 11.5 Å². The van der Waals surface area contributed by atoms with Crippen molar-refractivity contribution in [2.75, 3.05) is 13.7 Å². The molecule has 0 radical (unpaired) electrons. The first-order valence-electron chi connectivity index (χ1n) is 8.42. The standard InChI is InChI=1S/C20H19ClN2O3S/c1-3-23-19(24)16(22-20(23)27)11-13-8-9-17(25-2)14(10-13)12-26-18-7-5-4-6-15(18)21/h4-11H,3,12H2,1-2H3,(H,22,27)/b16-11+. The average molecular weight is 403 g/mol. The highest BCUT2D eigenvalue weighted by molar-refractivity contribution is 7.80. The maximum Gasteiger partial charge on any atom is 0.276 e. The number of halogens is 1. The first-order chi connectivity index (χ1) is 13.0. The fraction of sp³-hybridized carbons (Fsp3) is 0.200.